The number of nitrogens with zero attached hydrogens (tertiary/aromatic N) is 4. The van der Waals surface area contributed by atoms with E-state index >= 15 is 0 Å². The van der Waals surface area contributed by atoms with Crippen LogP contribution < -0.4 is 15.4 Å². The quantitative estimate of drug-likeness (QED) is 0.256. The van der Waals surface area contributed by atoms with Crippen LogP contribution in [0.4, 0.5) is 11.4 Å². The Morgan fingerprint density at radius 3 is 2.52 bits per heavy atom. The maximum Gasteiger partial charge on any atom is 0.316 e. The lowest BCUT2D eigenvalue weighted by molar-refractivity contribution is -0.385. The van der Waals surface area contributed by atoms with Crippen LogP contribution in [-0.4, -0.2) is 51.5 Å². The minimum absolute atomic E-state index is 0.00399. The number of nitro groups is 2. The van der Waals surface area contributed by atoms with Crippen LogP contribution in [0, 0.1) is 20.2 Å². The van der Waals surface area contributed by atoms with Crippen molar-refractivity contribution in [1.82, 2.24) is 20.8 Å². The summed E-state index contributed by atoms with van der Waals surface area (Å²) < 4.78 is 10.0. The van der Waals surface area contributed by atoms with E-state index < -0.39 is 28.3 Å². The van der Waals surface area contributed by atoms with Gasteiger partial charge in [-0.05, 0) is 6.07 Å². The molecule has 1 heterocycles. The molecule has 14 nitrogen and oxygen atoms in total. The highest BCUT2D eigenvalue weighted by Gasteiger charge is 2.18. The Labute approximate surface area is 184 Å². The van der Waals surface area contributed by atoms with E-state index in [1.807, 2.05) is 0 Å². The van der Waals surface area contributed by atoms with Crippen molar-refractivity contribution >= 4 is 23.2 Å². The smallest absolute Gasteiger partial charge is 0.316 e. The predicted octanol–water partition coefficient (Wildman–Crippen LogP) is 1.48. The number of hydrogen-bond donors (Lipinski definition) is 2. The van der Waals surface area contributed by atoms with Crippen molar-refractivity contribution in [2.24, 2.45) is 0 Å². The van der Waals surface area contributed by atoms with Crippen molar-refractivity contribution in [3.05, 3.63) is 74.7 Å². The van der Waals surface area contributed by atoms with Crippen molar-refractivity contribution in [3.63, 3.8) is 0 Å². The molecule has 0 atom stereocenters. The molecule has 0 aliphatic heterocycles. The standard InChI is InChI=1S/C19H16N6O8/c26-16(11-32-15-7-2-1-6-14(15)25(30)31)20-8-9-21-18(27)19-22-17(23-33-19)12-4-3-5-13(10-12)24(28)29/h1-7,10H,8-9,11H2,(H,20,26)(H,21,27). The van der Waals surface area contributed by atoms with Gasteiger partial charge in [0.15, 0.2) is 12.4 Å². The Kier molecular flexibility index (Phi) is 7.20. The van der Waals surface area contributed by atoms with E-state index in [1.54, 1.807) is 0 Å². The number of benzene rings is 2. The summed E-state index contributed by atoms with van der Waals surface area (Å²) in [6, 6.07) is 11.2. The second kappa shape index (κ2) is 10.4. The van der Waals surface area contributed by atoms with E-state index in [2.05, 4.69) is 20.8 Å². The minimum Gasteiger partial charge on any atom is -0.477 e. The number of nitrogens with one attached hydrogen (secondary N) is 2. The molecule has 0 aliphatic rings. The van der Waals surface area contributed by atoms with Gasteiger partial charge in [0.2, 0.25) is 5.82 Å². The summed E-state index contributed by atoms with van der Waals surface area (Å²) in [6.45, 7) is -0.393. The predicted molar refractivity (Wildman–Crippen MR) is 110 cm³/mol. The third-order valence-corrected chi connectivity index (χ3v) is 4.09. The number of aromatic nitrogens is 2. The molecule has 2 N–H and O–H groups in total. The number of rotatable bonds is 10. The number of ether oxygens (including phenoxy) is 1. The van der Waals surface area contributed by atoms with Crippen molar-refractivity contribution in [3.8, 4) is 17.1 Å². The number of carbonyl (C=O) groups excluding carboxylic acids is 2. The number of para-hydroxylation sites is 2. The van der Waals surface area contributed by atoms with Gasteiger partial charge in [0.1, 0.15) is 0 Å². The summed E-state index contributed by atoms with van der Waals surface area (Å²) in [6.07, 6.45) is 0. The fourth-order valence-corrected chi connectivity index (χ4v) is 2.57. The average molecular weight is 456 g/mol. The van der Waals surface area contributed by atoms with E-state index in [1.165, 1.54) is 48.5 Å². The molecule has 170 valence electrons. The van der Waals surface area contributed by atoms with Gasteiger partial charge in [-0.3, -0.25) is 29.8 Å². The van der Waals surface area contributed by atoms with Crippen molar-refractivity contribution in [2.75, 3.05) is 19.7 Å². The maximum absolute atomic E-state index is 12.1. The Balaban J connectivity index is 1.44. The van der Waals surface area contributed by atoms with Crippen LogP contribution in [0.1, 0.15) is 10.7 Å². The van der Waals surface area contributed by atoms with Gasteiger partial charge in [0.25, 0.3) is 11.6 Å². The zero-order valence-corrected chi connectivity index (χ0v) is 16.8. The number of carbonyl (C=O) groups is 2. The van der Waals surface area contributed by atoms with Crippen LogP contribution in [0.5, 0.6) is 5.75 Å². The highest BCUT2D eigenvalue weighted by Crippen LogP contribution is 2.25. The summed E-state index contributed by atoms with van der Waals surface area (Å²) in [7, 11) is 0. The van der Waals surface area contributed by atoms with Crippen LogP contribution >= 0.6 is 0 Å². The van der Waals surface area contributed by atoms with Crippen molar-refractivity contribution in [2.45, 2.75) is 0 Å². The lowest BCUT2D eigenvalue weighted by Crippen LogP contribution is -2.36. The molecule has 2 amide bonds. The topological polar surface area (TPSA) is 193 Å². The van der Waals surface area contributed by atoms with Gasteiger partial charge in [-0.1, -0.05) is 29.4 Å². The molecule has 1 aromatic heterocycles. The van der Waals surface area contributed by atoms with Gasteiger partial charge in [0.05, 0.1) is 9.85 Å². The Morgan fingerprint density at radius 1 is 1.00 bits per heavy atom. The third kappa shape index (κ3) is 6.06. The summed E-state index contributed by atoms with van der Waals surface area (Å²) in [5.41, 5.74) is -0.121. The summed E-state index contributed by atoms with van der Waals surface area (Å²) >= 11 is 0. The van der Waals surface area contributed by atoms with E-state index in [4.69, 9.17) is 9.26 Å². The molecule has 0 aliphatic carbocycles. The van der Waals surface area contributed by atoms with Crippen molar-refractivity contribution < 1.29 is 28.7 Å². The largest absolute Gasteiger partial charge is 0.477 e. The summed E-state index contributed by atoms with van der Waals surface area (Å²) in [4.78, 5) is 48.4. The molecule has 3 aromatic rings. The highest BCUT2D eigenvalue weighted by molar-refractivity contribution is 5.90. The number of non-ortho nitro benzene ring substituents is 1. The van der Waals surface area contributed by atoms with Gasteiger partial charge in [-0.15, -0.1) is 0 Å². The normalized spacial score (nSPS) is 10.3. The summed E-state index contributed by atoms with van der Waals surface area (Å²) in [5.74, 6) is -1.65. The fraction of sp³-hybridized carbons (Fsp3) is 0.158. The highest BCUT2D eigenvalue weighted by atomic mass is 16.6. The summed E-state index contributed by atoms with van der Waals surface area (Å²) in [5, 5.41) is 30.4. The van der Waals surface area contributed by atoms with Crippen molar-refractivity contribution in [1.29, 1.82) is 0 Å². The minimum atomic E-state index is -0.704. The second-order valence-electron chi connectivity index (χ2n) is 6.35. The van der Waals surface area contributed by atoms with Crippen LogP contribution in [0.2, 0.25) is 0 Å². The third-order valence-electron chi connectivity index (χ3n) is 4.09. The molecule has 2 aromatic carbocycles. The molecule has 0 spiro atoms. The first-order valence-corrected chi connectivity index (χ1v) is 9.35. The van der Waals surface area contributed by atoms with E-state index in [9.17, 15) is 29.8 Å². The SMILES string of the molecule is O=C(COc1ccccc1[N+](=O)[O-])NCCNC(=O)c1nc(-c2cccc([N+](=O)[O-])c2)no1. The molecule has 0 saturated heterocycles. The number of amides is 2. The average Bonchev–Trinajstić information content (AvgIpc) is 3.31. The van der Waals surface area contributed by atoms with Crippen LogP contribution in [-0.2, 0) is 4.79 Å². The van der Waals surface area contributed by atoms with Gasteiger partial charge >= 0.3 is 17.5 Å². The second-order valence-corrected chi connectivity index (χ2v) is 6.35. The Hall–Kier alpha value is -4.88. The van der Waals surface area contributed by atoms with Crippen LogP contribution in [0.25, 0.3) is 11.4 Å². The first-order valence-electron chi connectivity index (χ1n) is 9.35. The van der Waals surface area contributed by atoms with E-state index in [0.717, 1.165) is 0 Å². The maximum atomic E-state index is 12.1. The first kappa shape index (κ1) is 22.8. The lowest BCUT2D eigenvalue weighted by Gasteiger charge is -2.08. The van der Waals surface area contributed by atoms with Crippen LogP contribution in [0.3, 0.4) is 0 Å². The molecule has 0 fully saturated rings. The molecule has 0 unspecified atom stereocenters. The first-order chi connectivity index (χ1) is 15.8. The molecule has 14 heteroatoms. The van der Waals surface area contributed by atoms with Crippen LogP contribution in [0.15, 0.2) is 53.1 Å². The molecular weight excluding hydrogens is 440 g/mol. The number of hydrogen-bond acceptors (Lipinski definition) is 10. The molecule has 0 radical (unpaired) electrons. The molecule has 0 bridgehead atoms. The monoisotopic (exact) mass is 456 g/mol. The van der Waals surface area contributed by atoms with Gasteiger partial charge in [0, 0.05) is 36.9 Å². The zero-order chi connectivity index (χ0) is 23.8. The molecule has 33 heavy (non-hydrogen) atoms. The van der Waals surface area contributed by atoms with Gasteiger partial charge < -0.3 is 19.9 Å². The lowest BCUT2D eigenvalue weighted by atomic mass is 10.2. The molecule has 3 rings (SSSR count). The zero-order valence-electron chi connectivity index (χ0n) is 16.8. The van der Waals surface area contributed by atoms with Gasteiger partial charge in [-0.2, -0.15) is 4.98 Å². The number of nitro benzene ring substituents is 2. The Bertz CT molecular complexity index is 1190. The van der Waals surface area contributed by atoms with Gasteiger partial charge in [-0.25, -0.2) is 0 Å². The molecular formula is C19H16N6O8. The van der Waals surface area contributed by atoms with E-state index in [0.29, 0.717) is 5.56 Å². The fourth-order valence-electron chi connectivity index (χ4n) is 2.57. The Morgan fingerprint density at radius 2 is 1.76 bits per heavy atom. The molecule has 0 saturated carbocycles. The van der Waals surface area contributed by atoms with E-state index in [-0.39, 0.29) is 41.9 Å².